The number of ketones is 1. The van der Waals surface area contributed by atoms with E-state index in [0.717, 1.165) is 50.8 Å². The van der Waals surface area contributed by atoms with Crippen molar-refractivity contribution in [3.63, 3.8) is 0 Å². The van der Waals surface area contributed by atoms with Crippen molar-refractivity contribution in [3.05, 3.63) is 336 Å². The van der Waals surface area contributed by atoms with Gasteiger partial charge < -0.3 is 57.2 Å². The average molecular weight is 1390 g/mol. The third-order valence-corrected chi connectivity index (χ3v) is 16.5. The molecule has 0 radical (unpaired) electrons. The van der Waals surface area contributed by atoms with Gasteiger partial charge in [-0.15, -0.1) is 12.4 Å². The third kappa shape index (κ3) is 16.9. The number of hydrogen-bond donors (Lipinski definition) is 4. The van der Waals surface area contributed by atoms with Crippen LogP contribution in [0.15, 0.2) is 245 Å². The van der Waals surface area contributed by atoms with E-state index in [-0.39, 0.29) is 87.2 Å². The second-order valence-corrected chi connectivity index (χ2v) is 22.7. The minimum atomic E-state index is -0.414. The molecule has 0 saturated carbocycles. The van der Waals surface area contributed by atoms with Crippen LogP contribution >= 0.6 is 12.4 Å². The van der Waals surface area contributed by atoms with Crippen LogP contribution in [-0.4, -0.2) is 96.5 Å². The van der Waals surface area contributed by atoms with Gasteiger partial charge in [0, 0.05) is 53.9 Å². The van der Waals surface area contributed by atoms with Crippen molar-refractivity contribution in [1.29, 1.82) is 0 Å². The Hall–Kier alpha value is -12.2. The molecule has 12 aromatic rings. The highest BCUT2D eigenvalue weighted by Crippen LogP contribution is 2.30. The first-order valence-corrected chi connectivity index (χ1v) is 31.0. The first kappa shape index (κ1) is 74.6. The molecular weight excluding hydrogens is 1320 g/mol. The van der Waals surface area contributed by atoms with E-state index < -0.39 is 11.3 Å². The van der Waals surface area contributed by atoms with Gasteiger partial charge in [0.2, 0.25) is 0 Å². The van der Waals surface area contributed by atoms with Crippen LogP contribution in [0.4, 0.5) is 13.2 Å². The molecule has 0 bridgehead atoms. The number of benzene rings is 6. The lowest BCUT2D eigenvalue weighted by molar-refractivity contribution is 0.103. The molecule has 101 heavy (non-hydrogen) atoms. The molecule has 0 spiro atoms. The van der Waals surface area contributed by atoms with Crippen LogP contribution in [0.3, 0.4) is 0 Å². The molecule has 3 atom stereocenters. The van der Waals surface area contributed by atoms with Gasteiger partial charge in [-0.05, 0) is 173 Å². The van der Waals surface area contributed by atoms with Crippen LogP contribution in [0.25, 0.3) is 17.1 Å². The van der Waals surface area contributed by atoms with Crippen molar-refractivity contribution in [2.24, 2.45) is 16.2 Å². The number of imidazole rings is 3. The Balaban J connectivity index is 0.000000189. The number of ether oxygens (including phenoxy) is 3. The monoisotopic (exact) mass is 1390 g/mol. The van der Waals surface area contributed by atoms with Gasteiger partial charge in [0.1, 0.15) is 46.1 Å². The molecule has 3 unspecified atom stereocenters. The Labute approximate surface area is 584 Å². The van der Waals surface area contributed by atoms with Crippen molar-refractivity contribution in [2.75, 3.05) is 21.3 Å². The van der Waals surface area contributed by atoms with E-state index in [1.165, 1.54) is 63.3 Å². The van der Waals surface area contributed by atoms with Crippen LogP contribution < -0.4 is 36.8 Å². The first-order chi connectivity index (χ1) is 48.2. The summed E-state index contributed by atoms with van der Waals surface area (Å²) >= 11 is 0. The average Bonchev–Trinajstić information content (AvgIpc) is 1.33. The molecule has 0 aliphatic heterocycles. The van der Waals surface area contributed by atoms with Gasteiger partial charge in [-0.2, -0.15) is 0 Å². The summed E-state index contributed by atoms with van der Waals surface area (Å²) in [5, 5.41) is 33.0. The number of aromatic nitrogens is 9. The van der Waals surface area contributed by atoms with Crippen LogP contribution in [-0.2, 0) is 0 Å². The zero-order chi connectivity index (χ0) is 71.9. The standard InChI is InChI=1S/2C25H23FN4O3.C25H22FN3O3.ClH.H3NO/c2*1-16-14-29(15-27-16)22-11-8-19(13-23(22)33-3)24(28-32)21-5-4-12-30(25(21)31)17(2)18-6-9-20(26)10-7-18;1-16-14-28(15-27-16)22-11-8-19(13-23(22)32-3)24(30)21-5-4-12-29(25(21)31)17(2)18-6-9-20(26)10-7-18;;1-2/h2*4-15,17,32H,1-3H3;4-15,17H,1-3H3;1H;2H,1H2. The second-order valence-electron chi connectivity index (χ2n) is 22.7. The van der Waals surface area contributed by atoms with Gasteiger partial charge >= 0.3 is 0 Å². The molecule has 26 heteroatoms. The molecule has 0 amide bonds. The number of methoxy groups -OCH3 is 3. The summed E-state index contributed by atoms with van der Waals surface area (Å²) in [6.45, 7) is 11.2. The second kappa shape index (κ2) is 33.9. The number of halogens is 4. The summed E-state index contributed by atoms with van der Waals surface area (Å²) in [7, 11) is 4.61. The van der Waals surface area contributed by atoms with Crippen molar-refractivity contribution >= 4 is 29.6 Å². The van der Waals surface area contributed by atoms with Crippen molar-refractivity contribution in [3.8, 4) is 34.3 Å². The number of rotatable bonds is 18. The van der Waals surface area contributed by atoms with Gasteiger partial charge in [-0.3, -0.25) is 19.2 Å². The predicted octanol–water partition coefficient (Wildman–Crippen LogP) is 12.7. The number of hydrogen-bond acceptors (Lipinski definition) is 16. The zero-order valence-electron chi connectivity index (χ0n) is 56.3. The van der Waals surface area contributed by atoms with Gasteiger partial charge in [-0.1, -0.05) is 58.8 Å². The molecule has 22 nitrogen and oxygen atoms in total. The number of carbonyl (C=O) groups excluding carboxylic acids is 1. The fraction of sp³-hybridized carbons (Fsp3) is 0.160. The number of oxime groups is 2. The quantitative estimate of drug-likeness (QED) is 0.0269. The Kier molecular flexibility index (Phi) is 25.0. The smallest absolute Gasteiger partial charge is 0.262 e. The summed E-state index contributed by atoms with van der Waals surface area (Å²) in [4.78, 5) is 65.7. The van der Waals surface area contributed by atoms with Gasteiger partial charge in [0.25, 0.3) is 16.7 Å². The van der Waals surface area contributed by atoms with E-state index in [9.17, 15) is 42.8 Å². The van der Waals surface area contributed by atoms with Crippen LogP contribution in [0.5, 0.6) is 17.2 Å². The van der Waals surface area contributed by atoms with E-state index in [2.05, 4.69) is 31.2 Å². The van der Waals surface area contributed by atoms with Gasteiger partial charge in [-0.25, -0.2) is 34.0 Å². The maximum atomic E-state index is 13.3. The van der Waals surface area contributed by atoms with Gasteiger partial charge in [0.05, 0.1) is 109 Å². The summed E-state index contributed by atoms with van der Waals surface area (Å²) in [5.74, 6) is 3.62. The Bertz CT molecular complexity index is 4890. The van der Waals surface area contributed by atoms with Crippen LogP contribution in [0.2, 0.25) is 0 Å². The van der Waals surface area contributed by atoms with Crippen molar-refractivity contribution in [2.45, 2.75) is 59.7 Å². The zero-order valence-corrected chi connectivity index (χ0v) is 57.1. The highest BCUT2D eigenvalue weighted by molar-refractivity contribution is 6.13. The molecular formula is C75H72ClF3N12O10. The number of aryl methyl sites for hydroxylation is 3. The summed E-state index contributed by atoms with van der Waals surface area (Å²) < 4.78 is 66.4. The van der Waals surface area contributed by atoms with Crippen LogP contribution in [0.1, 0.15) is 111 Å². The summed E-state index contributed by atoms with van der Waals surface area (Å²) in [6.07, 6.45) is 15.5. The van der Waals surface area contributed by atoms with Gasteiger partial charge in [0.15, 0.2) is 5.78 Å². The van der Waals surface area contributed by atoms with Crippen molar-refractivity contribution < 1.29 is 47.8 Å². The van der Waals surface area contributed by atoms with Crippen molar-refractivity contribution in [1.82, 2.24) is 42.4 Å². The fourth-order valence-corrected chi connectivity index (χ4v) is 11.1. The predicted molar refractivity (Wildman–Crippen MR) is 379 cm³/mol. The Morgan fingerprint density at radius 2 is 0.713 bits per heavy atom. The fourth-order valence-electron chi connectivity index (χ4n) is 11.1. The lowest BCUT2D eigenvalue weighted by Crippen LogP contribution is -2.29. The maximum absolute atomic E-state index is 13.3. The Morgan fingerprint density at radius 1 is 0.436 bits per heavy atom. The number of pyridine rings is 3. The van der Waals surface area contributed by atoms with E-state index in [1.54, 1.807) is 161 Å². The minimum absolute atomic E-state index is 0. The molecule has 12 rings (SSSR count). The highest BCUT2D eigenvalue weighted by Gasteiger charge is 2.23. The molecule has 6 aromatic carbocycles. The molecule has 520 valence electrons. The summed E-state index contributed by atoms with van der Waals surface area (Å²) in [6, 6.07) is 42.3. The lowest BCUT2D eigenvalue weighted by Gasteiger charge is -2.17. The lowest BCUT2D eigenvalue weighted by atomic mass is 10.0. The third-order valence-electron chi connectivity index (χ3n) is 16.5. The first-order valence-electron chi connectivity index (χ1n) is 31.0. The number of nitrogens with two attached hydrogens (primary N) is 1. The molecule has 0 saturated heterocycles. The van der Waals surface area contributed by atoms with Crippen LogP contribution in [0, 0.1) is 38.2 Å². The Morgan fingerprint density at radius 3 is 0.990 bits per heavy atom. The minimum Gasteiger partial charge on any atom is -0.495 e. The molecule has 0 aliphatic rings. The summed E-state index contributed by atoms with van der Waals surface area (Å²) in [5.41, 5.74) is 8.16. The van der Waals surface area contributed by atoms with E-state index in [0.29, 0.717) is 33.9 Å². The maximum Gasteiger partial charge on any atom is 0.262 e. The molecule has 0 fully saturated rings. The number of carbonyl (C=O) groups is 1. The topological polar surface area (TPSA) is 276 Å². The SMILES string of the molecule is COc1cc(C(=NO)c2cccn(C(C)c3ccc(F)cc3)c2=O)ccc1-n1cnc(C)c1.COc1cc(C(=NO)c2cccn(C(C)c3ccc(F)cc3)c2=O)ccc1-n1cnc(C)c1.COc1cc(C(=O)c2cccn(C(C)c3ccc(F)cc3)c2=O)ccc1-n1cnc(C)c1.Cl.NO. The molecule has 5 N–H and O–H groups in total. The van der Waals surface area contributed by atoms with E-state index >= 15 is 0 Å². The molecule has 6 heterocycles. The highest BCUT2D eigenvalue weighted by atomic mass is 35.5. The van der Waals surface area contributed by atoms with E-state index in [4.69, 9.17) is 19.4 Å². The normalized spacial score (nSPS) is 12.0. The molecule has 0 aliphatic carbocycles. The molecule has 6 aromatic heterocycles. The number of nitrogens with zero attached hydrogens (tertiary/aromatic N) is 11. The van der Waals surface area contributed by atoms with E-state index in [1.807, 2.05) is 86.0 Å². The largest absolute Gasteiger partial charge is 0.495 e.